The molecular formula is C24H19NO5S. The second-order valence-electron chi connectivity index (χ2n) is 7.11. The van der Waals surface area contributed by atoms with Crippen LogP contribution in [0, 0.1) is 0 Å². The Morgan fingerprint density at radius 1 is 0.903 bits per heavy atom. The highest BCUT2D eigenvalue weighted by Crippen LogP contribution is 2.28. The Morgan fingerprint density at radius 2 is 1.61 bits per heavy atom. The number of rotatable bonds is 6. The predicted octanol–water partition coefficient (Wildman–Crippen LogP) is 4.35. The number of nitrogens with one attached hydrogen (secondary N) is 1. The lowest BCUT2D eigenvalue weighted by molar-refractivity contribution is 0.0280. The summed E-state index contributed by atoms with van der Waals surface area (Å²) in [6, 6.07) is 21.6. The van der Waals surface area contributed by atoms with Crippen LogP contribution in [0.5, 0.6) is 0 Å². The fourth-order valence-corrected chi connectivity index (χ4v) is 4.01. The number of para-hydroxylation sites is 1. The number of sulfone groups is 1. The van der Waals surface area contributed by atoms with Crippen LogP contribution in [0.4, 0.5) is 0 Å². The summed E-state index contributed by atoms with van der Waals surface area (Å²) < 4.78 is 29.3. The molecule has 1 aromatic heterocycles. The van der Waals surface area contributed by atoms with Crippen molar-refractivity contribution in [1.29, 1.82) is 0 Å². The third-order valence-corrected chi connectivity index (χ3v) is 6.03. The first-order chi connectivity index (χ1) is 14.8. The van der Waals surface area contributed by atoms with Gasteiger partial charge in [-0.05, 0) is 24.3 Å². The monoisotopic (exact) mass is 433 g/mol. The molecular weight excluding hydrogens is 414 g/mol. The molecule has 156 valence electrons. The van der Waals surface area contributed by atoms with Gasteiger partial charge in [0, 0.05) is 34.5 Å². The van der Waals surface area contributed by atoms with E-state index in [1.54, 1.807) is 36.5 Å². The summed E-state index contributed by atoms with van der Waals surface area (Å²) in [6.07, 6.45) is 1.47. The number of carbonyl (C=O) groups is 2. The van der Waals surface area contributed by atoms with Crippen LogP contribution < -0.4 is 0 Å². The van der Waals surface area contributed by atoms with Crippen LogP contribution in [-0.2, 0) is 14.6 Å². The van der Waals surface area contributed by atoms with Gasteiger partial charge in [-0.3, -0.25) is 4.79 Å². The number of ether oxygens (including phenoxy) is 1. The zero-order valence-electron chi connectivity index (χ0n) is 16.6. The third kappa shape index (κ3) is 4.27. The lowest BCUT2D eigenvalue weighted by Gasteiger charge is -2.17. The quantitative estimate of drug-likeness (QED) is 0.360. The van der Waals surface area contributed by atoms with Gasteiger partial charge in [0.05, 0.1) is 10.5 Å². The van der Waals surface area contributed by atoms with E-state index >= 15 is 0 Å². The third-order valence-electron chi connectivity index (χ3n) is 4.92. The van der Waals surface area contributed by atoms with Gasteiger partial charge in [-0.25, -0.2) is 13.2 Å². The van der Waals surface area contributed by atoms with Gasteiger partial charge in [0.15, 0.2) is 15.9 Å². The van der Waals surface area contributed by atoms with Gasteiger partial charge < -0.3 is 9.72 Å². The van der Waals surface area contributed by atoms with E-state index in [4.69, 9.17) is 4.74 Å². The first-order valence-corrected chi connectivity index (χ1v) is 11.4. The fourth-order valence-electron chi connectivity index (χ4n) is 3.35. The van der Waals surface area contributed by atoms with Crippen LogP contribution in [-0.4, -0.2) is 31.4 Å². The Kier molecular flexibility index (Phi) is 5.44. The first kappa shape index (κ1) is 20.6. The van der Waals surface area contributed by atoms with Crippen LogP contribution in [0.3, 0.4) is 0 Å². The Balaban J connectivity index is 1.71. The molecule has 31 heavy (non-hydrogen) atoms. The SMILES string of the molecule is CS(=O)(=O)c1cccc(C(=O)O[C@H](C(=O)c2c[nH]c3ccccc23)c2ccccc2)c1. The van der Waals surface area contributed by atoms with Gasteiger partial charge in [0.1, 0.15) is 0 Å². The van der Waals surface area contributed by atoms with Gasteiger partial charge in [0.2, 0.25) is 5.78 Å². The molecule has 0 aliphatic rings. The average Bonchev–Trinajstić information content (AvgIpc) is 3.21. The molecule has 6 nitrogen and oxygen atoms in total. The Labute approximate surface area is 179 Å². The van der Waals surface area contributed by atoms with E-state index in [0.717, 1.165) is 17.2 Å². The minimum Gasteiger partial charge on any atom is -0.445 e. The molecule has 0 aliphatic carbocycles. The van der Waals surface area contributed by atoms with Gasteiger partial charge in [-0.15, -0.1) is 0 Å². The number of aromatic nitrogens is 1. The summed E-state index contributed by atoms with van der Waals surface area (Å²) in [5.74, 6) is -1.16. The molecule has 0 unspecified atom stereocenters. The van der Waals surface area contributed by atoms with E-state index in [1.807, 2.05) is 24.3 Å². The zero-order chi connectivity index (χ0) is 22.0. The number of fused-ring (bicyclic) bond motifs is 1. The average molecular weight is 433 g/mol. The van der Waals surface area contributed by atoms with Crippen LogP contribution >= 0.6 is 0 Å². The number of aromatic amines is 1. The molecule has 0 amide bonds. The van der Waals surface area contributed by atoms with E-state index in [2.05, 4.69) is 4.98 Å². The molecule has 4 rings (SSSR count). The van der Waals surface area contributed by atoms with Crippen molar-refractivity contribution in [2.45, 2.75) is 11.0 Å². The minimum absolute atomic E-state index is 0.00108. The molecule has 3 aromatic carbocycles. The van der Waals surface area contributed by atoms with Gasteiger partial charge in [-0.1, -0.05) is 54.6 Å². The van der Waals surface area contributed by atoms with E-state index in [9.17, 15) is 18.0 Å². The Bertz CT molecular complexity index is 1370. The lowest BCUT2D eigenvalue weighted by Crippen LogP contribution is -2.20. The second-order valence-corrected chi connectivity index (χ2v) is 9.12. The zero-order valence-corrected chi connectivity index (χ0v) is 17.4. The van der Waals surface area contributed by atoms with Crippen LogP contribution in [0.2, 0.25) is 0 Å². The number of carbonyl (C=O) groups excluding carboxylic acids is 2. The van der Waals surface area contributed by atoms with Crippen molar-refractivity contribution in [2.75, 3.05) is 6.26 Å². The van der Waals surface area contributed by atoms with Crippen molar-refractivity contribution in [1.82, 2.24) is 4.98 Å². The maximum Gasteiger partial charge on any atom is 0.339 e. The van der Waals surface area contributed by atoms with E-state index in [0.29, 0.717) is 11.1 Å². The maximum absolute atomic E-state index is 13.4. The van der Waals surface area contributed by atoms with E-state index in [1.165, 1.54) is 24.3 Å². The number of H-pyrrole nitrogens is 1. The number of esters is 1. The van der Waals surface area contributed by atoms with Gasteiger partial charge in [0.25, 0.3) is 0 Å². The summed E-state index contributed by atoms with van der Waals surface area (Å²) >= 11 is 0. The second kappa shape index (κ2) is 8.20. The summed E-state index contributed by atoms with van der Waals surface area (Å²) in [7, 11) is -3.49. The summed E-state index contributed by atoms with van der Waals surface area (Å²) in [5.41, 5.74) is 1.77. The van der Waals surface area contributed by atoms with E-state index in [-0.39, 0.29) is 16.2 Å². The van der Waals surface area contributed by atoms with E-state index < -0.39 is 21.9 Å². The molecule has 1 N–H and O–H groups in total. The van der Waals surface area contributed by atoms with Crippen LogP contribution in [0.1, 0.15) is 32.4 Å². The first-order valence-electron chi connectivity index (χ1n) is 9.51. The largest absolute Gasteiger partial charge is 0.445 e. The number of hydrogen-bond donors (Lipinski definition) is 1. The molecule has 0 radical (unpaired) electrons. The summed E-state index contributed by atoms with van der Waals surface area (Å²) in [4.78, 5) is 29.3. The van der Waals surface area contributed by atoms with Gasteiger partial charge >= 0.3 is 5.97 Å². The van der Waals surface area contributed by atoms with Crippen LogP contribution in [0.15, 0.2) is 90.0 Å². The van der Waals surface area contributed by atoms with Crippen molar-refractivity contribution >= 4 is 32.5 Å². The number of Topliss-reactive ketones (excluding diaryl/α,β-unsaturated/α-hetero) is 1. The topological polar surface area (TPSA) is 93.3 Å². The molecule has 4 aromatic rings. The fraction of sp³-hybridized carbons (Fsp3) is 0.0833. The van der Waals surface area contributed by atoms with Crippen molar-refractivity contribution in [2.24, 2.45) is 0 Å². The van der Waals surface area contributed by atoms with Crippen LogP contribution in [0.25, 0.3) is 10.9 Å². The molecule has 0 saturated heterocycles. The van der Waals surface area contributed by atoms with Crippen molar-refractivity contribution < 1.29 is 22.7 Å². The molecule has 1 atom stereocenters. The Hall–Kier alpha value is -3.71. The minimum atomic E-state index is -3.49. The smallest absolute Gasteiger partial charge is 0.339 e. The maximum atomic E-state index is 13.4. The summed E-state index contributed by atoms with van der Waals surface area (Å²) in [5, 5.41) is 0.726. The normalized spacial score (nSPS) is 12.4. The molecule has 0 spiro atoms. The molecule has 0 fully saturated rings. The standard InChI is InChI=1S/C24H19NO5S/c1-31(28,29)18-11-7-10-17(14-18)24(27)30-23(16-8-3-2-4-9-16)22(26)20-15-25-21-13-6-5-12-19(20)21/h2-15,23,25H,1H3/t23-/m0/s1. The predicted molar refractivity (Wildman–Crippen MR) is 117 cm³/mol. The highest BCUT2D eigenvalue weighted by molar-refractivity contribution is 7.90. The summed E-state index contributed by atoms with van der Waals surface area (Å²) in [6.45, 7) is 0. The van der Waals surface area contributed by atoms with Gasteiger partial charge in [-0.2, -0.15) is 0 Å². The lowest BCUT2D eigenvalue weighted by atomic mass is 9.99. The van der Waals surface area contributed by atoms with Crippen molar-refractivity contribution in [3.05, 3.63) is 102 Å². The Morgan fingerprint density at radius 3 is 2.35 bits per heavy atom. The molecule has 0 saturated carbocycles. The van der Waals surface area contributed by atoms with Crippen molar-refractivity contribution in [3.8, 4) is 0 Å². The highest BCUT2D eigenvalue weighted by atomic mass is 32.2. The molecule has 0 bridgehead atoms. The number of ketones is 1. The number of hydrogen-bond acceptors (Lipinski definition) is 5. The highest BCUT2D eigenvalue weighted by Gasteiger charge is 2.28. The number of benzene rings is 3. The molecule has 7 heteroatoms. The molecule has 1 heterocycles. The molecule has 0 aliphatic heterocycles. The van der Waals surface area contributed by atoms with Crippen molar-refractivity contribution in [3.63, 3.8) is 0 Å².